The number of phenolic OH excluding ortho intramolecular Hbond substituents is 6. The molecule has 0 spiro atoms. The number of hydrogen-bond donors (Lipinski definition) is 6. The third kappa shape index (κ3) is 19.5. The zero-order chi connectivity index (χ0) is 93.7. The minimum atomic E-state index is -0.753. The first kappa shape index (κ1) is 91.2. The van der Waals surface area contributed by atoms with Crippen LogP contribution in [-0.2, 0) is 32.5 Å². The Labute approximate surface area is 778 Å². The number of fused-ring (bicyclic) bond motifs is 9. The van der Waals surface area contributed by atoms with Crippen molar-refractivity contribution in [1.82, 2.24) is 0 Å². The maximum absolute atomic E-state index is 13.8. The highest BCUT2D eigenvalue weighted by atomic mass is 16.3. The molecule has 14 aromatic rings. The van der Waals surface area contributed by atoms with Crippen LogP contribution in [0.2, 0.25) is 0 Å². The lowest BCUT2D eigenvalue weighted by molar-refractivity contribution is 0.473. The van der Waals surface area contributed by atoms with Gasteiger partial charge < -0.3 is 30.6 Å². The molecule has 666 valence electrons. The number of hydrogen-bond acceptors (Lipinski definition) is 12. The number of phenols is 6. The summed E-state index contributed by atoms with van der Waals surface area (Å²) < 4.78 is 0. The van der Waals surface area contributed by atoms with Crippen LogP contribution >= 0.6 is 0 Å². The number of aromatic hydroxyl groups is 6. The Bertz CT molecular complexity index is 5740. The summed E-state index contributed by atoms with van der Waals surface area (Å²) in [5, 5.41) is 82.7. The third-order valence-electron chi connectivity index (χ3n) is 25.8. The second kappa shape index (κ2) is 36.3. The van der Waals surface area contributed by atoms with E-state index in [4.69, 9.17) is 30.0 Å². The lowest BCUT2D eigenvalue weighted by Crippen LogP contribution is -2.13. The molecule has 0 saturated heterocycles. The molecule has 0 saturated carbocycles. The maximum Gasteiger partial charge on any atom is 0.132 e. The van der Waals surface area contributed by atoms with Crippen LogP contribution in [0, 0.1) is 0 Å². The quantitative estimate of drug-likeness (QED) is 0.0958. The van der Waals surface area contributed by atoms with E-state index in [1.165, 1.54) is 0 Å². The van der Waals surface area contributed by atoms with E-state index < -0.39 is 68.7 Å². The lowest BCUT2D eigenvalue weighted by Gasteiger charge is -2.26. The number of rotatable bonds is 6. The van der Waals surface area contributed by atoms with Gasteiger partial charge in [-0.3, -0.25) is 30.0 Å². The van der Waals surface area contributed by atoms with Gasteiger partial charge in [-0.1, -0.05) is 307 Å². The molecule has 0 fully saturated rings. The van der Waals surface area contributed by atoms with Gasteiger partial charge in [0.05, 0.1) is 0 Å². The molecule has 6 N–H and O–H groups in total. The fraction of sp³-hybridized carbons (Fsp3) is 0.250. The molecule has 3 aliphatic rings. The summed E-state index contributed by atoms with van der Waals surface area (Å²) in [7, 11) is 0. The monoisotopic (exact) mass is 1740 g/mol. The molecule has 12 heteroatoms. The van der Waals surface area contributed by atoms with Gasteiger partial charge in [0.2, 0.25) is 0 Å². The Kier molecular flexibility index (Phi) is 25.1. The molecule has 14 aromatic carbocycles. The van der Waals surface area contributed by atoms with Crippen LogP contribution in [0.5, 0.6) is 34.5 Å². The smallest absolute Gasteiger partial charge is 0.132 e. The van der Waals surface area contributed by atoms with Crippen LogP contribution in [0.15, 0.2) is 321 Å². The number of benzene rings is 14. The fourth-order valence-electron chi connectivity index (χ4n) is 17.6. The highest BCUT2D eigenvalue weighted by Crippen LogP contribution is 2.52. The molecule has 18 bridgehead atoms. The summed E-state index contributed by atoms with van der Waals surface area (Å²) in [6, 6.07) is 92.0. The minimum Gasteiger partial charge on any atom is -0.507 e. The van der Waals surface area contributed by atoms with Gasteiger partial charge in [0.25, 0.3) is 0 Å². The Morgan fingerprint density at radius 2 is 0.288 bits per heavy atom. The summed E-state index contributed by atoms with van der Waals surface area (Å²) in [6.45, 7) is 38.7. The first-order valence-corrected chi connectivity index (χ1v) is 45.8. The van der Waals surface area contributed by atoms with Crippen molar-refractivity contribution in [2.45, 2.75) is 193 Å². The highest BCUT2D eigenvalue weighted by Gasteiger charge is 2.34. The molecule has 0 radical (unpaired) electrons. The van der Waals surface area contributed by atoms with E-state index in [-0.39, 0.29) is 34.5 Å². The molecular weight excluding hydrogens is 1620 g/mol. The Morgan fingerprint density at radius 1 is 0.167 bits per heavy atom. The van der Waals surface area contributed by atoms with Crippen molar-refractivity contribution >= 4 is 37.3 Å². The average molecular weight is 1740 g/mol. The van der Waals surface area contributed by atoms with Gasteiger partial charge in [-0.25, -0.2) is 0 Å². The van der Waals surface area contributed by atoms with Crippen molar-refractivity contribution in [3.8, 4) is 101 Å². The van der Waals surface area contributed by atoms with Gasteiger partial charge in [-0.15, -0.1) is 0 Å². The van der Waals surface area contributed by atoms with Crippen molar-refractivity contribution < 1.29 is 30.6 Å². The van der Waals surface area contributed by atoms with Gasteiger partial charge in [0.1, 0.15) is 70.7 Å². The second-order valence-electron chi connectivity index (χ2n) is 41.7. The predicted molar refractivity (Wildman–Crippen MR) is 548 cm³/mol. The molecule has 0 aliphatic carbocycles. The SMILES string of the molecule is CC(C)(C)c1cc2c(O)c(c1)-c1cc3cc(c1)-c1cc(C(C)(C)C)cc(c1O)C=NC(c1ccccc1)C(c1ccccc1)N=Cc1cc(C(C)(C)C)cc(c1O)-c1cc(cc(c1)-c1cc(C(C)(C)C)cc(c1O)C=NC(c1ccccc1)C(c1ccccc1)N=Cc1cc(C(C)(C)C)cc-3c1O)-c1cc(C(C)(C)C)cc(c1O)C=NC(c1ccccc1)C(c1ccccc1)N=C2. The van der Waals surface area contributed by atoms with Crippen LogP contribution in [0.3, 0.4) is 0 Å². The van der Waals surface area contributed by atoms with Crippen molar-refractivity contribution in [2.75, 3.05) is 0 Å². The minimum absolute atomic E-state index is 0.0651. The van der Waals surface area contributed by atoms with Crippen LogP contribution in [-0.4, -0.2) is 67.9 Å². The molecule has 0 amide bonds. The van der Waals surface area contributed by atoms with E-state index in [1.807, 2.05) is 291 Å². The van der Waals surface area contributed by atoms with Crippen molar-refractivity contribution in [3.63, 3.8) is 0 Å². The third-order valence-corrected chi connectivity index (χ3v) is 25.8. The van der Waals surface area contributed by atoms with Crippen molar-refractivity contribution in [1.29, 1.82) is 0 Å². The van der Waals surface area contributed by atoms with Crippen LogP contribution in [0.4, 0.5) is 0 Å². The number of nitrogens with zero attached hydrogens (tertiary/aromatic N) is 6. The zero-order valence-electron chi connectivity index (χ0n) is 79.0. The van der Waals surface area contributed by atoms with Crippen LogP contribution < -0.4 is 0 Å². The van der Waals surface area contributed by atoms with Gasteiger partial charge >= 0.3 is 0 Å². The van der Waals surface area contributed by atoms with Crippen molar-refractivity contribution in [3.05, 3.63) is 391 Å². The standard InChI is InChI=1S/C120H120N6O6/c1-115(2,3)91-55-85-67-121-103(73-37-25-19-26-38-73)104(74-39-27-20-28-40-74)122-68-88-58-94(118(10,11)12)64-100(112(88)130)82-52-83-54-84(53-82)102-66-96(120(16,17)18)60-90(114(102)132)72-126-108(78-47-35-24-36-48-78)106(76-43-31-22-32-44-76)124-70-87-57-93(117(7,8)9)63-99(111(87)129)81-50-79(97(61-91)109(85)127)49-80(51-81)98-62-92(116(4,5)6)56-86(110(98)128)69-123-105(75-41-29-21-30-42-75)107(77-45-33-23-34-46-77)125-71-89-59-95(119(13,14)15)65-101(83)113(89)131/h19-72,103-108,127-132H,1-18H3. The van der Waals surface area contributed by atoms with Gasteiger partial charge in [0, 0.05) is 104 Å². The van der Waals surface area contributed by atoms with Gasteiger partial charge in [-0.2, -0.15) is 0 Å². The largest absolute Gasteiger partial charge is 0.507 e. The molecule has 17 rings (SSSR count). The van der Waals surface area contributed by atoms with Gasteiger partial charge in [-0.05, 0) is 242 Å². The Morgan fingerprint density at radius 3 is 0.402 bits per heavy atom. The first-order chi connectivity index (χ1) is 62.7. The zero-order valence-corrected chi connectivity index (χ0v) is 79.0. The topological polar surface area (TPSA) is 196 Å². The Hall–Kier alpha value is -14.1. The molecule has 3 aliphatic heterocycles. The summed E-state index contributed by atoms with van der Waals surface area (Å²) in [5.74, 6) is -0.390. The maximum atomic E-state index is 13.8. The summed E-state index contributed by atoms with van der Waals surface area (Å²) in [4.78, 5) is 33.9. The van der Waals surface area contributed by atoms with E-state index in [0.717, 1.165) is 66.8 Å². The molecule has 3 heterocycles. The van der Waals surface area contributed by atoms with E-state index in [9.17, 15) is 30.6 Å². The molecule has 12 nitrogen and oxygen atoms in total. The lowest BCUT2D eigenvalue weighted by atomic mass is 9.81. The van der Waals surface area contributed by atoms with E-state index in [1.54, 1.807) is 37.3 Å². The highest BCUT2D eigenvalue weighted by molar-refractivity contribution is 5.99. The van der Waals surface area contributed by atoms with E-state index in [0.29, 0.717) is 100 Å². The summed E-state index contributed by atoms with van der Waals surface area (Å²) in [6.07, 6.45) is 10.6. The molecule has 6 atom stereocenters. The predicted octanol–water partition coefficient (Wildman–Crippen LogP) is 29.4. The van der Waals surface area contributed by atoms with Crippen LogP contribution in [0.1, 0.15) is 261 Å². The first-order valence-electron chi connectivity index (χ1n) is 45.8. The summed E-state index contributed by atoms with van der Waals surface area (Å²) >= 11 is 0. The second-order valence-corrected chi connectivity index (χ2v) is 41.7. The van der Waals surface area contributed by atoms with Crippen molar-refractivity contribution in [2.24, 2.45) is 30.0 Å². The van der Waals surface area contributed by atoms with Crippen LogP contribution in [0.25, 0.3) is 66.8 Å². The molecule has 6 unspecified atom stereocenters. The average Bonchev–Trinajstić information content (AvgIpc) is 0.756. The normalized spacial score (nSPS) is 16.9. The fourth-order valence-corrected chi connectivity index (χ4v) is 17.6. The molecule has 132 heavy (non-hydrogen) atoms. The molecular formula is C120H120N6O6. The molecule has 0 aromatic heterocycles. The number of aliphatic imine (C=N–C) groups is 6. The van der Waals surface area contributed by atoms with Gasteiger partial charge in [0.15, 0.2) is 0 Å². The Balaban J connectivity index is 1.11. The van der Waals surface area contributed by atoms with E-state index >= 15 is 0 Å². The van der Waals surface area contributed by atoms with E-state index in [2.05, 4.69) is 125 Å². The summed E-state index contributed by atoms with van der Waals surface area (Å²) in [5.41, 5.74) is 16.0.